The minimum Gasteiger partial charge on any atom is -0.493 e. The molecule has 1 amide bonds. The van der Waals surface area contributed by atoms with E-state index in [0.717, 1.165) is 5.56 Å². The Morgan fingerprint density at radius 3 is 2.68 bits per heavy atom. The number of carbonyl (C=O) groups excluding carboxylic acids is 1. The van der Waals surface area contributed by atoms with E-state index >= 15 is 0 Å². The summed E-state index contributed by atoms with van der Waals surface area (Å²) in [7, 11) is 1.58. The van der Waals surface area contributed by atoms with Gasteiger partial charge in [0.2, 0.25) is 5.91 Å². The van der Waals surface area contributed by atoms with Crippen molar-refractivity contribution in [3.05, 3.63) is 29.8 Å². The highest BCUT2D eigenvalue weighted by Gasteiger charge is 2.07. The van der Waals surface area contributed by atoms with E-state index in [9.17, 15) is 4.79 Å². The lowest BCUT2D eigenvalue weighted by Crippen LogP contribution is -2.25. The zero-order valence-corrected chi connectivity index (χ0v) is 13.4. The maximum absolute atomic E-state index is 11.6. The van der Waals surface area contributed by atoms with Crippen molar-refractivity contribution in [3.8, 4) is 17.6 Å². The molecule has 1 rings (SSSR count). The zero-order valence-electron chi connectivity index (χ0n) is 13.4. The zero-order chi connectivity index (χ0) is 16.5. The van der Waals surface area contributed by atoms with Gasteiger partial charge in [0.05, 0.1) is 25.2 Å². The number of hydrogen-bond acceptors (Lipinski definition) is 4. The van der Waals surface area contributed by atoms with Crippen LogP contribution in [0.4, 0.5) is 0 Å². The molecule has 5 nitrogen and oxygen atoms in total. The Hall–Kier alpha value is -2.48. The lowest BCUT2D eigenvalue weighted by Gasteiger charge is -2.13. The molecule has 0 bridgehead atoms. The number of amides is 1. The van der Waals surface area contributed by atoms with Gasteiger partial charge in [0.1, 0.15) is 0 Å². The van der Waals surface area contributed by atoms with E-state index in [1.54, 1.807) is 26.2 Å². The average molecular weight is 302 g/mol. The van der Waals surface area contributed by atoms with Crippen molar-refractivity contribution in [2.75, 3.05) is 13.7 Å². The van der Waals surface area contributed by atoms with Crippen molar-refractivity contribution >= 4 is 12.0 Å². The predicted molar refractivity (Wildman–Crippen MR) is 85.6 cm³/mol. The lowest BCUT2D eigenvalue weighted by molar-refractivity contribution is -0.116. The predicted octanol–water partition coefficient (Wildman–Crippen LogP) is 2.77. The number of rotatable bonds is 7. The average Bonchev–Trinajstić information content (AvgIpc) is 2.50. The highest BCUT2D eigenvalue weighted by atomic mass is 16.5. The second-order valence-corrected chi connectivity index (χ2v) is 5.19. The summed E-state index contributed by atoms with van der Waals surface area (Å²) in [5.74, 6) is 0.852. The van der Waals surface area contributed by atoms with Crippen LogP contribution in [0, 0.1) is 17.2 Å². The molecule has 0 radical (unpaired) electrons. The third-order valence-corrected chi connectivity index (χ3v) is 2.78. The molecule has 0 spiro atoms. The lowest BCUT2D eigenvalue weighted by atomic mass is 10.2. The second kappa shape index (κ2) is 8.73. The minimum atomic E-state index is -0.233. The topological polar surface area (TPSA) is 71.3 Å². The first kappa shape index (κ1) is 17.6. The van der Waals surface area contributed by atoms with Crippen LogP contribution >= 0.6 is 0 Å². The highest BCUT2D eigenvalue weighted by Crippen LogP contribution is 2.29. The van der Waals surface area contributed by atoms with Crippen LogP contribution in [0.15, 0.2) is 24.3 Å². The smallest absolute Gasteiger partial charge is 0.244 e. The molecular weight excluding hydrogens is 280 g/mol. The fourth-order valence-corrected chi connectivity index (χ4v) is 1.67. The normalized spacial score (nSPS) is 12.0. The summed E-state index contributed by atoms with van der Waals surface area (Å²) >= 11 is 0. The van der Waals surface area contributed by atoms with E-state index in [2.05, 4.69) is 11.4 Å². The maximum atomic E-state index is 11.6. The Balaban J connectivity index is 2.71. The van der Waals surface area contributed by atoms with Gasteiger partial charge in [-0.05, 0) is 44.5 Å². The van der Waals surface area contributed by atoms with Gasteiger partial charge in [-0.2, -0.15) is 5.26 Å². The van der Waals surface area contributed by atoms with Crippen LogP contribution in [-0.4, -0.2) is 25.7 Å². The molecule has 0 saturated heterocycles. The molecule has 0 aromatic heterocycles. The standard InChI is InChI=1S/C17H22N2O3/c1-12(2)22-15-7-5-14(9-16(15)21-4)6-8-17(20)19-11-13(3)10-18/h5-9,12-13H,11H2,1-4H3,(H,19,20). The molecule has 22 heavy (non-hydrogen) atoms. The third-order valence-electron chi connectivity index (χ3n) is 2.78. The summed E-state index contributed by atoms with van der Waals surface area (Å²) in [5, 5.41) is 11.3. The first-order valence-electron chi connectivity index (χ1n) is 7.16. The van der Waals surface area contributed by atoms with Crippen LogP contribution in [0.25, 0.3) is 6.08 Å². The minimum absolute atomic E-state index is 0.0585. The van der Waals surface area contributed by atoms with Gasteiger partial charge in [-0.1, -0.05) is 6.07 Å². The molecule has 1 atom stereocenters. The molecule has 0 saturated carbocycles. The van der Waals surface area contributed by atoms with Crippen molar-refractivity contribution in [2.24, 2.45) is 5.92 Å². The Morgan fingerprint density at radius 1 is 1.36 bits per heavy atom. The van der Waals surface area contributed by atoms with Gasteiger partial charge in [0, 0.05) is 12.6 Å². The Morgan fingerprint density at radius 2 is 2.09 bits per heavy atom. The third kappa shape index (κ3) is 5.88. The van der Waals surface area contributed by atoms with E-state index in [4.69, 9.17) is 14.7 Å². The van der Waals surface area contributed by atoms with E-state index in [1.165, 1.54) is 6.08 Å². The van der Waals surface area contributed by atoms with Gasteiger partial charge in [-0.15, -0.1) is 0 Å². The van der Waals surface area contributed by atoms with Crippen LogP contribution in [0.3, 0.4) is 0 Å². The van der Waals surface area contributed by atoms with Crippen LogP contribution in [0.1, 0.15) is 26.3 Å². The number of nitrogens with zero attached hydrogens (tertiary/aromatic N) is 1. The molecule has 0 aliphatic heterocycles. The van der Waals surface area contributed by atoms with E-state index in [0.29, 0.717) is 18.0 Å². The van der Waals surface area contributed by atoms with Crippen LogP contribution in [0.5, 0.6) is 11.5 Å². The van der Waals surface area contributed by atoms with E-state index < -0.39 is 0 Å². The molecule has 5 heteroatoms. The largest absolute Gasteiger partial charge is 0.493 e. The molecule has 0 heterocycles. The first-order valence-corrected chi connectivity index (χ1v) is 7.16. The molecular formula is C17H22N2O3. The number of methoxy groups -OCH3 is 1. The van der Waals surface area contributed by atoms with Crippen molar-refractivity contribution in [3.63, 3.8) is 0 Å². The number of benzene rings is 1. The van der Waals surface area contributed by atoms with Crippen molar-refractivity contribution in [2.45, 2.75) is 26.9 Å². The maximum Gasteiger partial charge on any atom is 0.244 e. The fourth-order valence-electron chi connectivity index (χ4n) is 1.67. The van der Waals surface area contributed by atoms with Crippen molar-refractivity contribution in [1.82, 2.24) is 5.32 Å². The van der Waals surface area contributed by atoms with E-state index in [-0.39, 0.29) is 17.9 Å². The molecule has 1 N–H and O–H groups in total. The molecule has 1 unspecified atom stereocenters. The molecule has 0 fully saturated rings. The van der Waals surface area contributed by atoms with Gasteiger partial charge >= 0.3 is 0 Å². The molecule has 0 aliphatic rings. The first-order chi connectivity index (χ1) is 10.5. The second-order valence-electron chi connectivity index (χ2n) is 5.19. The van der Waals surface area contributed by atoms with Crippen LogP contribution < -0.4 is 14.8 Å². The Labute approximate surface area is 131 Å². The SMILES string of the molecule is COc1cc(C=CC(=O)NCC(C)C#N)ccc1OC(C)C. The quantitative estimate of drug-likeness (QED) is 0.786. The molecule has 0 aliphatic carbocycles. The molecule has 118 valence electrons. The Kier molecular flexibility index (Phi) is 6.97. The molecule has 1 aromatic rings. The summed E-state index contributed by atoms with van der Waals surface area (Å²) < 4.78 is 10.9. The number of nitriles is 1. The van der Waals surface area contributed by atoms with Crippen molar-refractivity contribution in [1.29, 1.82) is 5.26 Å². The van der Waals surface area contributed by atoms with Gasteiger partial charge in [-0.25, -0.2) is 0 Å². The van der Waals surface area contributed by atoms with E-state index in [1.807, 2.05) is 26.0 Å². The Bertz CT molecular complexity index is 574. The van der Waals surface area contributed by atoms with Gasteiger partial charge in [0.25, 0.3) is 0 Å². The summed E-state index contributed by atoms with van der Waals surface area (Å²) in [5.41, 5.74) is 0.830. The van der Waals surface area contributed by atoms with Crippen LogP contribution in [-0.2, 0) is 4.79 Å². The number of ether oxygens (including phenoxy) is 2. The summed E-state index contributed by atoms with van der Waals surface area (Å²) in [6.45, 7) is 5.98. The van der Waals surface area contributed by atoms with Gasteiger partial charge in [0.15, 0.2) is 11.5 Å². The molecule has 1 aromatic carbocycles. The fraction of sp³-hybridized carbons (Fsp3) is 0.412. The monoisotopic (exact) mass is 302 g/mol. The summed E-state index contributed by atoms with van der Waals surface area (Å²) in [6.07, 6.45) is 3.18. The van der Waals surface area contributed by atoms with Gasteiger partial charge in [-0.3, -0.25) is 4.79 Å². The summed E-state index contributed by atoms with van der Waals surface area (Å²) in [4.78, 5) is 11.6. The highest BCUT2D eigenvalue weighted by molar-refractivity contribution is 5.91. The van der Waals surface area contributed by atoms with Crippen molar-refractivity contribution < 1.29 is 14.3 Å². The van der Waals surface area contributed by atoms with Gasteiger partial charge < -0.3 is 14.8 Å². The number of hydrogen-bond donors (Lipinski definition) is 1. The summed E-state index contributed by atoms with van der Waals surface area (Å²) in [6, 6.07) is 7.53. The number of carbonyl (C=O) groups is 1. The number of nitrogens with one attached hydrogen (secondary N) is 1. The van der Waals surface area contributed by atoms with Crippen LogP contribution in [0.2, 0.25) is 0 Å².